The number of sulfone groups is 1. The normalized spacial score (nSPS) is 18.2. The van der Waals surface area contributed by atoms with E-state index in [1.165, 1.54) is 23.9 Å². The van der Waals surface area contributed by atoms with E-state index in [1.807, 2.05) is 0 Å². The second kappa shape index (κ2) is 8.22. The fourth-order valence-electron chi connectivity index (χ4n) is 2.70. The van der Waals surface area contributed by atoms with Crippen molar-refractivity contribution in [3.05, 3.63) is 65.5 Å². The van der Waals surface area contributed by atoms with Gasteiger partial charge in [0.05, 0.1) is 17.1 Å². The molecule has 0 aromatic heterocycles. The molecule has 142 valence electrons. The Labute approximate surface area is 160 Å². The highest BCUT2D eigenvalue weighted by Gasteiger charge is 2.29. The van der Waals surface area contributed by atoms with Gasteiger partial charge in [-0.1, -0.05) is 12.1 Å². The van der Waals surface area contributed by atoms with Crippen molar-refractivity contribution in [2.24, 2.45) is 0 Å². The second-order valence-corrected chi connectivity index (χ2v) is 9.72. The Balaban J connectivity index is 1.64. The van der Waals surface area contributed by atoms with Gasteiger partial charge in [0.1, 0.15) is 5.82 Å². The Hall–Kier alpha value is -2.19. The molecular weight excluding hydrogens is 391 g/mol. The van der Waals surface area contributed by atoms with Crippen molar-refractivity contribution in [2.75, 3.05) is 18.1 Å². The van der Waals surface area contributed by atoms with Crippen molar-refractivity contribution in [1.29, 1.82) is 0 Å². The minimum absolute atomic E-state index is 0.0874. The summed E-state index contributed by atoms with van der Waals surface area (Å²) >= 11 is 1.33. The number of ketones is 1. The van der Waals surface area contributed by atoms with Crippen LogP contribution in [0.1, 0.15) is 27.1 Å². The number of ether oxygens (including phenoxy) is 1. The zero-order chi connectivity index (χ0) is 19.4. The molecule has 1 aliphatic rings. The van der Waals surface area contributed by atoms with Crippen molar-refractivity contribution in [3.8, 4) is 0 Å². The molecule has 0 radical (unpaired) electrons. The Kier molecular flexibility index (Phi) is 5.96. The number of esters is 1. The average Bonchev–Trinajstić information content (AvgIpc) is 2.99. The van der Waals surface area contributed by atoms with Crippen molar-refractivity contribution >= 4 is 33.4 Å². The monoisotopic (exact) mass is 408 g/mol. The first-order valence-electron chi connectivity index (χ1n) is 8.26. The van der Waals surface area contributed by atoms with E-state index in [0.717, 1.165) is 12.1 Å². The summed E-state index contributed by atoms with van der Waals surface area (Å²) in [6, 6.07) is 11.7. The number of hydrogen-bond donors (Lipinski definition) is 0. The van der Waals surface area contributed by atoms with Crippen molar-refractivity contribution in [1.82, 2.24) is 0 Å². The minimum Gasteiger partial charge on any atom is -0.454 e. The predicted molar refractivity (Wildman–Crippen MR) is 100 cm³/mol. The molecule has 0 saturated carbocycles. The quantitative estimate of drug-likeness (QED) is 0.540. The van der Waals surface area contributed by atoms with E-state index < -0.39 is 34.0 Å². The largest absolute Gasteiger partial charge is 0.454 e. The standard InChI is InChI=1S/C19H17FO5S2/c20-14-7-5-13(6-8-14)17(21)11-25-19(22)16-3-1-2-4-18(16)26-15-9-10-27(23,24)12-15/h1-8,15H,9-12H2/t15-/m1/s1. The Morgan fingerprint density at radius 1 is 1.11 bits per heavy atom. The maximum Gasteiger partial charge on any atom is 0.339 e. The van der Waals surface area contributed by atoms with E-state index in [0.29, 0.717) is 16.9 Å². The molecule has 3 rings (SSSR count). The van der Waals surface area contributed by atoms with E-state index in [9.17, 15) is 22.4 Å². The van der Waals surface area contributed by atoms with Crippen LogP contribution >= 0.6 is 11.8 Å². The molecule has 0 N–H and O–H groups in total. The Bertz CT molecular complexity index is 954. The highest BCUT2D eigenvalue weighted by atomic mass is 32.2. The zero-order valence-electron chi connectivity index (χ0n) is 14.3. The van der Waals surface area contributed by atoms with E-state index in [4.69, 9.17) is 4.74 Å². The first-order valence-corrected chi connectivity index (χ1v) is 11.0. The highest BCUT2D eigenvalue weighted by molar-refractivity contribution is 8.02. The van der Waals surface area contributed by atoms with Gasteiger partial charge in [0.2, 0.25) is 0 Å². The number of thioether (sulfide) groups is 1. The summed E-state index contributed by atoms with van der Waals surface area (Å²) in [4.78, 5) is 25.1. The summed E-state index contributed by atoms with van der Waals surface area (Å²) < 4.78 is 41.2. The van der Waals surface area contributed by atoms with E-state index >= 15 is 0 Å². The van der Waals surface area contributed by atoms with Gasteiger partial charge in [-0.2, -0.15) is 0 Å². The smallest absolute Gasteiger partial charge is 0.339 e. The van der Waals surface area contributed by atoms with Crippen LogP contribution in [0.3, 0.4) is 0 Å². The van der Waals surface area contributed by atoms with Crippen molar-refractivity contribution < 1.29 is 27.1 Å². The van der Waals surface area contributed by atoms with Crippen LogP contribution in [0.15, 0.2) is 53.4 Å². The second-order valence-electron chi connectivity index (χ2n) is 6.15. The van der Waals surface area contributed by atoms with Gasteiger partial charge in [-0.3, -0.25) is 4.79 Å². The third-order valence-corrected chi connectivity index (χ3v) is 7.42. The van der Waals surface area contributed by atoms with Crippen LogP contribution < -0.4 is 0 Å². The third-order valence-electron chi connectivity index (χ3n) is 4.09. The van der Waals surface area contributed by atoms with Gasteiger partial charge in [-0.25, -0.2) is 17.6 Å². The summed E-state index contributed by atoms with van der Waals surface area (Å²) in [5, 5.41) is -0.107. The fourth-order valence-corrected chi connectivity index (χ4v) is 6.32. The van der Waals surface area contributed by atoms with Crippen LogP contribution in [-0.2, 0) is 14.6 Å². The molecule has 2 aromatic rings. The summed E-state index contributed by atoms with van der Waals surface area (Å²) in [6.07, 6.45) is 0.541. The van der Waals surface area contributed by atoms with Crippen molar-refractivity contribution in [2.45, 2.75) is 16.6 Å². The van der Waals surface area contributed by atoms with Crippen LogP contribution in [0.2, 0.25) is 0 Å². The molecule has 2 aromatic carbocycles. The zero-order valence-corrected chi connectivity index (χ0v) is 15.9. The van der Waals surface area contributed by atoms with Gasteiger partial charge < -0.3 is 4.74 Å². The van der Waals surface area contributed by atoms with Gasteiger partial charge in [0.25, 0.3) is 0 Å². The fraction of sp³-hybridized carbons (Fsp3) is 0.263. The van der Waals surface area contributed by atoms with Gasteiger partial charge >= 0.3 is 5.97 Å². The van der Waals surface area contributed by atoms with Crippen LogP contribution in [-0.4, -0.2) is 43.5 Å². The third kappa shape index (κ3) is 5.17. The summed E-state index contributed by atoms with van der Waals surface area (Å²) in [5.41, 5.74) is 0.543. The maximum absolute atomic E-state index is 12.9. The molecule has 1 atom stereocenters. The van der Waals surface area contributed by atoms with Crippen molar-refractivity contribution in [3.63, 3.8) is 0 Å². The number of Topliss-reactive ketones (excluding diaryl/α,β-unsaturated/α-hetero) is 1. The van der Waals surface area contributed by atoms with E-state index in [-0.39, 0.29) is 22.3 Å². The molecule has 1 heterocycles. The molecule has 1 fully saturated rings. The number of hydrogen-bond acceptors (Lipinski definition) is 6. The lowest BCUT2D eigenvalue weighted by Crippen LogP contribution is -2.15. The topological polar surface area (TPSA) is 77.5 Å². The molecule has 0 amide bonds. The number of halogens is 1. The molecule has 0 spiro atoms. The lowest BCUT2D eigenvalue weighted by atomic mass is 10.1. The lowest BCUT2D eigenvalue weighted by molar-refractivity contribution is 0.0471. The summed E-state index contributed by atoms with van der Waals surface area (Å²) in [5.74, 6) is -1.30. The van der Waals surface area contributed by atoms with Crippen LogP contribution in [0.5, 0.6) is 0 Å². The summed E-state index contributed by atoms with van der Waals surface area (Å²) in [7, 11) is -3.01. The highest BCUT2D eigenvalue weighted by Crippen LogP contribution is 2.33. The molecule has 1 saturated heterocycles. The first-order chi connectivity index (χ1) is 12.8. The Morgan fingerprint density at radius 2 is 1.81 bits per heavy atom. The van der Waals surface area contributed by atoms with Crippen LogP contribution in [0.4, 0.5) is 4.39 Å². The number of carbonyl (C=O) groups excluding carboxylic acids is 2. The lowest BCUT2D eigenvalue weighted by Gasteiger charge is -2.12. The van der Waals surface area contributed by atoms with Gasteiger partial charge in [-0.15, -0.1) is 11.8 Å². The van der Waals surface area contributed by atoms with Crippen LogP contribution in [0.25, 0.3) is 0 Å². The number of benzene rings is 2. The van der Waals surface area contributed by atoms with Crippen LogP contribution in [0, 0.1) is 5.82 Å². The van der Waals surface area contributed by atoms with E-state index in [2.05, 4.69) is 0 Å². The number of rotatable bonds is 6. The molecular formula is C19H17FO5S2. The van der Waals surface area contributed by atoms with Gasteiger partial charge in [0, 0.05) is 15.7 Å². The predicted octanol–water partition coefficient (Wildman–Crippen LogP) is 3.14. The molecule has 8 heteroatoms. The van der Waals surface area contributed by atoms with Gasteiger partial charge in [-0.05, 0) is 42.8 Å². The molecule has 0 bridgehead atoms. The summed E-state index contributed by atoms with van der Waals surface area (Å²) in [6.45, 7) is -0.457. The Morgan fingerprint density at radius 3 is 2.48 bits per heavy atom. The number of carbonyl (C=O) groups is 2. The first kappa shape index (κ1) is 19.6. The molecule has 0 unspecified atom stereocenters. The minimum atomic E-state index is -3.01. The average molecular weight is 408 g/mol. The maximum atomic E-state index is 12.9. The van der Waals surface area contributed by atoms with Gasteiger partial charge in [0.15, 0.2) is 22.2 Å². The molecule has 1 aliphatic heterocycles. The molecule has 27 heavy (non-hydrogen) atoms. The SMILES string of the molecule is O=C(COC(=O)c1ccccc1S[C@@H]1CCS(=O)(=O)C1)c1ccc(F)cc1. The van der Waals surface area contributed by atoms with E-state index in [1.54, 1.807) is 24.3 Å². The molecule has 5 nitrogen and oxygen atoms in total. The molecule has 0 aliphatic carbocycles.